The Balaban J connectivity index is 1.51. The number of aromatic nitrogens is 2. The van der Waals surface area contributed by atoms with E-state index in [9.17, 15) is 9.18 Å². The van der Waals surface area contributed by atoms with Gasteiger partial charge in [-0.1, -0.05) is 15.9 Å². The highest BCUT2D eigenvalue weighted by atomic mass is 79.9. The van der Waals surface area contributed by atoms with Crippen molar-refractivity contribution in [2.45, 2.75) is 39.2 Å². The number of H-pyrrole nitrogens is 1. The number of aromatic amines is 1. The van der Waals surface area contributed by atoms with Gasteiger partial charge >= 0.3 is 6.09 Å². The van der Waals surface area contributed by atoms with Crippen LogP contribution in [0.25, 0.3) is 22.2 Å². The number of nitrogens with zero attached hydrogens (tertiary/aromatic N) is 2. The van der Waals surface area contributed by atoms with E-state index in [1.807, 2.05) is 39.0 Å². The average Bonchev–Trinajstić information content (AvgIpc) is 3.09. The van der Waals surface area contributed by atoms with E-state index in [1.54, 1.807) is 24.1 Å². The van der Waals surface area contributed by atoms with Crippen molar-refractivity contribution in [2.75, 3.05) is 20.2 Å². The second kappa shape index (κ2) is 9.68. The Morgan fingerprint density at radius 3 is 2.68 bits per heavy atom. The van der Waals surface area contributed by atoms with Crippen LogP contribution < -0.4 is 4.74 Å². The Kier molecular flexibility index (Phi) is 7.20. The molecule has 2 aromatic carbocycles. The van der Waals surface area contributed by atoms with Gasteiger partial charge in [0.2, 0.25) is 0 Å². The Morgan fingerprint density at radius 1 is 1.19 bits per heavy atom. The molecule has 1 N–H and O–H groups in total. The molecule has 31 heavy (non-hydrogen) atoms. The number of carbonyl (C=O) groups excluding carboxylic acids is 1. The topological polar surface area (TPSA) is 67.5 Å². The van der Waals surface area contributed by atoms with Crippen LogP contribution in [0.3, 0.4) is 0 Å². The zero-order valence-electron chi connectivity index (χ0n) is 18.2. The molecule has 0 saturated heterocycles. The summed E-state index contributed by atoms with van der Waals surface area (Å²) < 4.78 is 26.6. The number of hydrogen-bond acceptors (Lipinski definition) is 4. The predicted molar refractivity (Wildman–Crippen MR) is 123 cm³/mol. The van der Waals surface area contributed by atoms with Crippen LogP contribution in [-0.2, 0) is 4.74 Å². The third kappa shape index (κ3) is 6.19. The Labute approximate surface area is 189 Å². The first-order valence-corrected chi connectivity index (χ1v) is 10.9. The molecule has 0 unspecified atom stereocenters. The van der Waals surface area contributed by atoms with Crippen molar-refractivity contribution in [3.63, 3.8) is 0 Å². The van der Waals surface area contributed by atoms with Crippen LogP contribution in [0.15, 0.2) is 40.9 Å². The smallest absolute Gasteiger partial charge is 0.410 e. The van der Waals surface area contributed by atoms with Gasteiger partial charge in [0.1, 0.15) is 22.9 Å². The molecule has 166 valence electrons. The molecule has 0 aliphatic rings. The average molecular weight is 492 g/mol. The summed E-state index contributed by atoms with van der Waals surface area (Å²) in [5, 5.41) is 8.05. The zero-order chi connectivity index (χ0) is 22.6. The van der Waals surface area contributed by atoms with Crippen molar-refractivity contribution >= 4 is 32.9 Å². The van der Waals surface area contributed by atoms with Crippen molar-refractivity contribution in [2.24, 2.45) is 0 Å². The van der Waals surface area contributed by atoms with Gasteiger partial charge in [0.05, 0.1) is 12.1 Å². The third-order valence-electron chi connectivity index (χ3n) is 4.58. The molecular weight excluding hydrogens is 465 g/mol. The lowest BCUT2D eigenvalue weighted by atomic mass is 10.1. The Hall–Kier alpha value is -2.61. The molecule has 8 heteroatoms. The molecule has 0 radical (unpaired) electrons. The summed E-state index contributed by atoms with van der Waals surface area (Å²) in [5.74, 6) is 0.0720. The van der Waals surface area contributed by atoms with Crippen LogP contribution in [0.1, 0.15) is 33.6 Å². The van der Waals surface area contributed by atoms with Crippen LogP contribution >= 0.6 is 15.9 Å². The fourth-order valence-corrected chi connectivity index (χ4v) is 3.41. The van der Waals surface area contributed by atoms with E-state index >= 15 is 0 Å². The number of fused-ring (bicyclic) bond motifs is 1. The van der Waals surface area contributed by atoms with E-state index < -0.39 is 11.4 Å². The molecule has 0 atom stereocenters. The molecule has 0 fully saturated rings. The highest BCUT2D eigenvalue weighted by molar-refractivity contribution is 9.10. The first-order valence-electron chi connectivity index (χ1n) is 10.1. The summed E-state index contributed by atoms with van der Waals surface area (Å²) in [6.07, 6.45) is 1.14. The second-order valence-corrected chi connectivity index (χ2v) is 9.28. The quantitative estimate of drug-likeness (QED) is 0.402. The number of halogens is 2. The molecule has 3 aromatic rings. The lowest BCUT2D eigenvalue weighted by molar-refractivity contribution is 0.0294. The maximum atomic E-state index is 14.7. The van der Waals surface area contributed by atoms with Gasteiger partial charge < -0.3 is 14.4 Å². The van der Waals surface area contributed by atoms with Gasteiger partial charge in [0, 0.05) is 35.1 Å². The molecule has 0 aliphatic heterocycles. The molecule has 1 amide bonds. The van der Waals surface area contributed by atoms with Gasteiger partial charge in [-0.2, -0.15) is 5.10 Å². The molecule has 6 nitrogen and oxygen atoms in total. The number of carbonyl (C=O) groups is 1. The molecule has 0 spiro atoms. The first kappa shape index (κ1) is 23.1. The fourth-order valence-electron chi connectivity index (χ4n) is 3.05. The summed E-state index contributed by atoms with van der Waals surface area (Å²) in [6.45, 7) is 6.51. The normalized spacial score (nSPS) is 11.5. The Bertz CT molecular complexity index is 1060. The van der Waals surface area contributed by atoms with Gasteiger partial charge in [0.25, 0.3) is 0 Å². The van der Waals surface area contributed by atoms with E-state index in [0.717, 1.165) is 28.2 Å². The van der Waals surface area contributed by atoms with Crippen LogP contribution in [0, 0.1) is 5.82 Å². The van der Waals surface area contributed by atoms with Gasteiger partial charge in [-0.3, -0.25) is 5.10 Å². The summed E-state index contributed by atoms with van der Waals surface area (Å²) in [7, 11) is 1.71. The molecule has 0 bridgehead atoms. The number of ether oxygens (including phenoxy) is 2. The zero-order valence-corrected chi connectivity index (χ0v) is 19.8. The minimum Gasteiger partial charge on any atom is -0.493 e. The summed E-state index contributed by atoms with van der Waals surface area (Å²) in [6, 6.07) is 10.5. The first-order chi connectivity index (χ1) is 14.6. The standard InChI is InChI=1S/C23H27BrFN3O3/c1-23(2,3)31-22(29)28(4)11-5-6-12-30-16-8-10-17(19(25)14-16)21-18-9-7-15(24)13-20(18)26-27-21/h7-10,13-14H,5-6,11-12H2,1-4H3,(H,26,27). The van der Waals surface area contributed by atoms with Gasteiger partial charge in [0.15, 0.2) is 0 Å². The number of nitrogens with one attached hydrogen (secondary N) is 1. The molecule has 3 rings (SSSR count). The number of amides is 1. The molecular formula is C23H27BrFN3O3. The predicted octanol–water partition coefficient (Wildman–Crippen LogP) is 6.16. The number of benzene rings is 2. The monoisotopic (exact) mass is 491 g/mol. The molecule has 1 aromatic heterocycles. The van der Waals surface area contributed by atoms with Crippen molar-refractivity contribution in [1.29, 1.82) is 0 Å². The number of hydrogen-bond donors (Lipinski definition) is 1. The van der Waals surface area contributed by atoms with E-state index in [4.69, 9.17) is 9.47 Å². The van der Waals surface area contributed by atoms with Crippen molar-refractivity contribution in [3.05, 3.63) is 46.7 Å². The molecule has 1 heterocycles. The minimum atomic E-state index is -0.510. The van der Waals surface area contributed by atoms with E-state index in [0.29, 0.717) is 30.2 Å². The molecule has 0 saturated carbocycles. The summed E-state index contributed by atoms with van der Waals surface area (Å²) in [4.78, 5) is 13.5. The maximum Gasteiger partial charge on any atom is 0.410 e. The van der Waals surface area contributed by atoms with Crippen molar-refractivity contribution in [1.82, 2.24) is 15.1 Å². The largest absolute Gasteiger partial charge is 0.493 e. The van der Waals surface area contributed by atoms with E-state index in [2.05, 4.69) is 26.1 Å². The lowest BCUT2D eigenvalue weighted by Gasteiger charge is -2.24. The Morgan fingerprint density at radius 2 is 1.97 bits per heavy atom. The lowest BCUT2D eigenvalue weighted by Crippen LogP contribution is -2.34. The second-order valence-electron chi connectivity index (χ2n) is 8.36. The van der Waals surface area contributed by atoms with Crippen LogP contribution in [-0.4, -0.2) is 47.0 Å². The van der Waals surface area contributed by atoms with Gasteiger partial charge in [-0.25, -0.2) is 9.18 Å². The number of unbranched alkanes of at least 4 members (excludes halogenated alkanes) is 1. The summed E-state index contributed by atoms with van der Waals surface area (Å²) in [5.41, 5.74) is 1.31. The highest BCUT2D eigenvalue weighted by Gasteiger charge is 2.19. The summed E-state index contributed by atoms with van der Waals surface area (Å²) >= 11 is 3.42. The molecule has 0 aliphatic carbocycles. The van der Waals surface area contributed by atoms with E-state index in [1.165, 1.54) is 6.07 Å². The SMILES string of the molecule is CN(CCCCOc1ccc(-c2n[nH]c3cc(Br)ccc23)c(F)c1)C(=O)OC(C)(C)C. The van der Waals surface area contributed by atoms with Crippen LogP contribution in [0.5, 0.6) is 5.75 Å². The van der Waals surface area contributed by atoms with Crippen molar-refractivity contribution in [3.8, 4) is 17.0 Å². The maximum absolute atomic E-state index is 14.7. The van der Waals surface area contributed by atoms with E-state index in [-0.39, 0.29) is 6.09 Å². The van der Waals surface area contributed by atoms with Crippen LogP contribution in [0.2, 0.25) is 0 Å². The number of rotatable bonds is 7. The van der Waals surface area contributed by atoms with Gasteiger partial charge in [-0.05, 0) is 63.9 Å². The van der Waals surface area contributed by atoms with Gasteiger partial charge in [-0.15, -0.1) is 0 Å². The minimum absolute atomic E-state index is 0.343. The fraction of sp³-hybridized carbons (Fsp3) is 0.391. The van der Waals surface area contributed by atoms with Crippen LogP contribution in [0.4, 0.5) is 9.18 Å². The van der Waals surface area contributed by atoms with Crippen molar-refractivity contribution < 1.29 is 18.7 Å². The third-order valence-corrected chi connectivity index (χ3v) is 5.08. The highest BCUT2D eigenvalue weighted by Crippen LogP contribution is 2.31.